The van der Waals surface area contributed by atoms with E-state index < -0.39 is 63.4 Å². The van der Waals surface area contributed by atoms with Crippen LogP contribution in [0.2, 0.25) is 0 Å². The number of aromatic nitrogens is 2. The van der Waals surface area contributed by atoms with Crippen molar-refractivity contribution in [1.29, 1.82) is 0 Å². The Labute approximate surface area is 228 Å². The number of terminal acetylenes is 1. The molecule has 1 aromatic heterocycles. The van der Waals surface area contributed by atoms with Crippen molar-refractivity contribution < 1.29 is 51.4 Å². The molecule has 15 nitrogen and oxygen atoms in total. The van der Waals surface area contributed by atoms with Gasteiger partial charge in [-0.05, 0) is 57.6 Å². The van der Waals surface area contributed by atoms with Gasteiger partial charge in [-0.2, -0.15) is 0 Å². The molecular formula is C24H29N2O13P. The lowest BCUT2D eigenvalue weighted by Gasteiger charge is -2.27. The maximum atomic E-state index is 13.3. The summed E-state index contributed by atoms with van der Waals surface area (Å²) in [5.41, 5.74) is -2.69. The predicted octanol–water partition coefficient (Wildman–Crippen LogP) is 2.79. The molecule has 1 aliphatic heterocycles. The Bertz CT molecular complexity index is 1280. The number of hydrogen-bond acceptors (Lipinski definition) is 13. The van der Waals surface area contributed by atoms with E-state index in [0.29, 0.717) is 25.7 Å². The molecule has 0 amide bonds. The lowest BCUT2D eigenvalue weighted by atomic mass is 9.96. The minimum Gasteiger partial charge on any atom is -0.431 e. The second-order valence-electron chi connectivity index (χ2n) is 9.22. The summed E-state index contributed by atoms with van der Waals surface area (Å²) in [5, 5.41) is 0. The summed E-state index contributed by atoms with van der Waals surface area (Å²) < 4.78 is 55.2. The second kappa shape index (κ2) is 12.8. The topological polar surface area (TPSA) is 180 Å². The second-order valence-corrected chi connectivity index (χ2v) is 10.9. The average molecular weight is 584 g/mol. The Morgan fingerprint density at radius 1 is 1.07 bits per heavy atom. The van der Waals surface area contributed by atoms with Gasteiger partial charge in [0.25, 0.3) is 5.56 Å². The summed E-state index contributed by atoms with van der Waals surface area (Å²) in [7, 11) is -4.60. The van der Waals surface area contributed by atoms with E-state index in [-0.39, 0.29) is 17.8 Å². The summed E-state index contributed by atoms with van der Waals surface area (Å²) in [6.45, 7) is -0.887. The first-order valence-corrected chi connectivity index (χ1v) is 13.9. The highest BCUT2D eigenvalue weighted by Crippen LogP contribution is 2.50. The Morgan fingerprint density at radius 3 is 2.15 bits per heavy atom. The van der Waals surface area contributed by atoms with Crippen molar-refractivity contribution in [1.82, 2.24) is 9.55 Å². The number of phosphoric acid groups is 1. The van der Waals surface area contributed by atoms with Crippen LogP contribution >= 0.6 is 7.82 Å². The first kappa shape index (κ1) is 29.6. The number of ether oxygens (including phenoxy) is 5. The number of carbonyl (C=O) groups is 2. The first-order chi connectivity index (χ1) is 19.1. The number of phosphoric ester groups is 1. The fraction of sp³-hybridized carbons (Fsp3) is 0.583. The molecule has 0 spiro atoms. The van der Waals surface area contributed by atoms with Crippen LogP contribution in [0.4, 0.5) is 9.59 Å². The molecule has 2 heterocycles. The van der Waals surface area contributed by atoms with Gasteiger partial charge in [-0.3, -0.25) is 18.9 Å². The van der Waals surface area contributed by atoms with E-state index in [1.54, 1.807) is 0 Å². The molecule has 1 aromatic rings. The van der Waals surface area contributed by atoms with Gasteiger partial charge in [0, 0.05) is 11.8 Å². The molecule has 4 rings (SSSR count). The number of rotatable bonds is 12. The van der Waals surface area contributed by atoms with Crippen molar-refractivity contribution in [3.8, 4) is 12.3 Å². The number of H-pyrrole nitrogens is 1. The molecule has 16 heteroatoms. The van der Waals surface area contributed by atoms with Crippen molar-refractivity contribution in [3.05, 3.63) is 44.8 Å². The van der Waals surface area contributed by atoms with Gasteiger partial charge in [-0.1, -0.05) is 5.92 Å². The van der Waals surface area contributed by atoms with Crippen LogP contribution in [-0.2, 0) is 41.8 Å². The van der Waals surface area contributed by atoms with Crippen LogP contribution in [0.25, 0.3) is 0 Å². The number of aromatic amines is 1. The fourth-order valence-corrected chi connectivity index (χ4v) is 4.48. The summed E-state index contributed by atoms with van der Waals surface area (Å²) >= 11 is 0. The van der Waals surface area contributed by atoms with Crippen molar-refractivity contribution in [2.24, 2.45) is 0 Å². The molecule has 2 aliphatic carbocycles. The zero-order valence-electron chi connectivity index (χ0n) is 21.6. The molecule has 40 heavy (non-hydrogen) atoms. The minimum atomic E-state index is -4.60. The van der Waals surface area contributed by atoms with Crippen molar-refractivity contribution in [2.75, 3.05) is 20.2 Å². The number of nitrogens with one attached hydrogen (secondary N) is 1. The maximum Gasteiger partial charge on any atom is 0.510 e. The quantitative estimate of drug-likeness (QED) is 0.125. The van der Waals surface area contributed by atoms with E-state index >= 15 is 0 Å². The van der Waals surface area contributed by atoms with Gasteiger partial charge in [0.1, 0.15) is 18.8 Å². The number of hydrogen-bond donors (Lipinski definition) is 1. The number of nitrogens with zero attached hydrogens (tertiary/aromatic N) is 1. The lowest BCUT2D eigenvalue weighted by molar-refractivity contribution is -0.0756. The zero-order valence-corrected chi connectivity index (χ0v) is 22.5. The van der Waals surface area contributed by atoms with Crippen molar-refractivity contribution in [3.63, 3.8) is 0 Å². The third kappa shape index (κ3) is 7.61. The summed E-state index contributed by atoms with van der Waals surface area (Å²) in [4.78, 5) is 49.7. The van der Waals surface area contributed by atoms with Gasteiger partial charge in [0.2, 0.25) is 13.6 Å². The number of carbonyl (C=O) groups excluding carboxylic acids is 2. The van der Waals surface area contributed by atoms with Gasteiger partial charge in [-0.25, -0.2) is 28.0 Å². The standard InChI is InChI=1S/C24H29N2O13P/c1-3-24(11-10-19(39-24)26-12-16(2)20(27)25-21(26)28)13-34-40(31,35-14-32-22(29)37-17-6-4-7-17)36-15-33-23(30)38-18-8-5-9-18/h1,10-12,17-19H,4-9,13-15H2,2H3,(H,25,27,28)/t19-,24+/m1/s1. The minimum absolute atomic E-state index is 0.254. The van der Waals surface area contributed by atoms with E-state index in [1.807, 2.05) is 0 Å². The van der Waals surface area contributed by atoms with Crippen LogP contribution in [-0.4, -0.2) is 59.9 Å². The van der Waals surface area contributed by atoms with E-state index in [0.717, 1.165) is 17.4 Å². The van der Waals surface area contributed by atoms with Gasteiger partial charge >= 0.3 is 25.8 Å². The first-order valence-electron chi connectivity index (χ1n) is 12.5. The number of aryl methyl sites for hydroxylation is 1. The van der Waals surface area contributed by atoms with Crippen LogP contribution in [0.1, 0.15) is 50.3 Å². The van der Waals surface area contributed by atoms with Crippen molar-refractivity contribution in [2.45, 2.75) is 69.5 Å². The molecule has 218 valence electrons. The molecular weight excluding hydrogens is 555 g/mol. The molecule has 1 N–H and O–H groups in total. The van der Waals surface area contributed by atoms with E-state index in [2.05, 4.69) is 10.9 Å². The van der Waals surface area contributed by atoms with Gasteiger partial charge < -0.3 is 23.7 Å². The highest BCUT2D eigenvalue weighted by atomic mass is 31.2. The lowest BCUT2D eigenvalue weighted by Crippen LogP contribution is -2.37. The zero-order chi connectivity index (χ0) is 28.8. The van der Waals surface area contributed by atoms with Crippen LogP contribution in [0.3, 0.4) is 0 Å². The smallest absolute Gasteiger partial charge is 0.431 e. The third-order valence-electron chi connectivity index (χ3n) is 6.37. The molecule has 3 aliphatic rings. The van der Waals surface area contributed by atoms with Gasteiger partial charge in [-0.15, -0.1) is 6.42 Å². The van der Waals surface area contributed by atoms with Crippen LogP contribution in [0.15, 0.2) is 27.9 Å². The van der Waals surface area contributed by atoms with E-state index in [1.165, 1.54) is 25.3 Å². The molecule has 2 atom stereocenters. The van der Waals surface area contributed by atoms with E-state index in [9.17, 15) is 23.7 Å². The Balaban J connectivity index is 1.36. The normalized spacial score (nSPS) is 22.6. The summed E-state index contributed by atoms with van der Waals surface area (Å²) in [6, 6.07) is 0. The highest BCUT2D eigenvalue weighted by molar-refractivity contribution is 7.48. The molecule has 0 aromatic carbocycles. The third-order valence-corrected chi connectivity index (χ3v) is 7.66. The van der Waals surface area contributed by atoms with Gasteiger partial charge in [0.15, 0.2) is 11.8 Å². The fourth-order valence-electron chi connectivity index (χ4n) is 3.54. The monoisotopic (exact) mass is 584 g/mol. The van der Waals surface area contributed by atoms with Crippen LogP contribution in [0, 0.1) is 19.3 Å². The van der Waals surface area contributed by atoms with Crippen molar-refractivity contribution >= 4 is 20.1 Å². The Morgan fingerprint density at radius 2 is 1.65 bits per heavy atom. The highest BCUT2D eigenvalue weighted by Gasteiger charge is 2.40. The molecule has 0 radical (unpaired) electrons. The maximum absolute atomic E-state index is 13.3. The average Bonchev–Trinajstić information content (AvgIpc) is 3.30. The van der Waals surface area contributed by atoms with E-state index in [4.69, 9.17) is 43.7 Å². The summed E-state index contributed by atoms with van der Waals surface area (Å²) in [6.07, 6.45) is 10.8. The molecule has 0 saturated heterocycles. The van der Waals surface area contributed by atoms with Crippen LogP contribution in [0.5, 0.6) is 0 Å². The van der Waals surface area contributed by atoms with Gasteiger partial charge in [0.05, 0.1) is 0 Å². The molecule has 2 saturated carbocycles. The summed E-state index contributed by atoms with van der Waals surface area (Å²) in [5.74, 6) is 2.35. The predicted molar refractivity (Wildman–Crippen MR) is 133 cm³/mol. The molecule has 2 fully saturated rings. The van der Waals surface area contributed by atoms with Crippen LogP contribution < -0.4 is 11.2 Å². The molecule has 0 bridgehead atoms. The molecule has 0 unspecified atom stereocenters. The Kier molecular flexibility index (Phi) is 9.49. The Hall–Kier alpha value is -3.41. The SMILES string of the molecule is C#C[C@@]1(COP(=O)(OCOC(=O)OC2CCC2)OCOC(=O)OC2CCC2)C=C[C@H](n2cc(C)c(=O)[nH]c2=O)O1. The largest absolute Gasteiger partial charge is 0.510 e.